The molecule has 0 saturated carbocycles. The molecule has 26 heavy (non-hydrogen) atoms. The van der Waals surface area contributed by atoms with Crippen LogP contribution in [-0.2, 0) is 11.2 Å². The molecule has 2 amide bonds. The van der Waals surface area contributed by atoms with Crippen molar-refractivity contribution >= 4 is 23.2 Å². The number of carbonyl (C=O) groups is 2. The number of rotatable bonds is 5. The maximum atomic E-state index is 13.3. The van der Waals surface area contributed by atoms with Gasteiger partial charge in [0.05, 0.1) is 6.04 Å². The fourth-order valence-corrected chi connectivity index (χ4v) is 4.53. The van der Waals surface area contributed by atoms with Crippen LogP contribution >= 0.6 is 11.3 Å². The van der Waals surface area contributed by atoms with Gasteiger partial charge in [-0.25, -0.2) is 0 Å². The van der Waals surface area contributed by atoms with Gasteiger partial charge in [0.2, 0.25) is 5.91 Å². The molecule has 3 rings (SSSR count). The number of thiophene rings is 1. The maximum absolute atomic E-state index is 13.3. The van der Waals surface area contributed by atoms with Gasteiger partial charge in [-0.15, -0.1) is 11.3 Å². The summed E-state index contributed by atoms with van der Waals surface area (Å²) < 4.78 is 0. The minimum Gasteiger partial charge on any atom is -0.340 e. The molecule has 0 saturated heterocycles. The minimum atomic E-state index is -0.517. The van der Waals surface area contributed by atoms with Crippen LogP contribution in [0.25, 0.3) is 0 Å². The van der Waals surface area contributed by atoms with Crippen LogP contribution in [0.2, 0.25) is 0 Å². The molecule has 1 N–H and O–H groups in total. The molecular weight excluding hydrogens is 344 g/mol. The fourth-order valence-electron chi connectivity index (χ4n) is 3.61. The predicted octanol–water partition coefficient (Wildman–Crippen LogP) is 4.04. The third kappa shape index (κ3) is 3.68. The highest BCUT2D eigenvalue weighted by molar-refractivity contribution is 7.10. The summed E-state index contributed by atoms with van der Waals surface area (Å²) in [6.45, 7) is 6.80. The summed E-state index contributed by atoms with van der Waals surface area (Å²) in [5.41, 5.74) is 1.85. The number of hydrogen-bond acceptors (Lipinski definition) is 3. The molecule has 5 heteroatoms. The average molecular weight is 371 g/mol. The second-order valence-electron chi connectivity index (χ2n) is 7.07. The fraction of sp³-hybridized carbons (Fsp3) is 0.429. The Labute approximate surface area is 159 Å². The van der Waals surface area contributed by atoms with E-state index >= 15 is 0 Å². The number of benzene rings is 1. The predicted molar refractivity (Wildman–Crippen MR) is 105 cm³/mol. The molecule has 0 spiro atoms. The van der Waals surface area contributed by atoms with Crippen LogP contribution in [-0.4, -0.2) is 29.3 Å². The van der Waals surface area contributed by atoms with Gasteiger partial charge in [-0.1, -0.05) is 39.0 Å². The topological polar surface area (TPSA) is 49.4 Å². The van der Waals surface area contributed by atoms with E-state index in [1.165, 1.54) is 10.4 Å². The molecule has 1 aromatic carbocycles. The highest BCUT2D eigenvalue weighted by Crippen LogP contribution is 2.35. The van der Waals surface area contributed by atoms with Crippen molar-refractivity contribution in [2.75, 3.05) is 6.54 Å². The van der Waals surface area contributed by atoms with Gasteiger partial charge < -0.3 is 10.2 Å². The van der Waals surface area contributed by atoms with Gasteiger partial charge >= 0.3 is 0 Å². The third-order valence-electron chi connectivity index (χ3n) is 5.02. The Balaban J connectivity index is 1.80. The van der Waals surface area contributed by atoms with Crippen LogP contribution < -0.4 is 5.32 Å². The molecule has 2 heterocycles. The van der Waals surface area contributed by atoms with Crippen molar-refractivity contribution in [3.8, 4) is 0 Å². The van der Waals surface area contributed by atoms with Gasteiger partial charge in [0.15, 0.2) is 0 Å². The Bertz CT molecular complexity index is 769. The summed E-state index contributed by atoms with van der Waals surface area (Å²) in [7, 11) is 0. The second kappa shape index (κ2) is 8.04. The largest absolute Gasteiger partial charge is 0.340 e. The lowest BCUT2D eigenvalue weighted by molar-refractivity contribution is -0.137. The number of nitrogens with one attached hydrogen (secondary N) is 1. The van der Waals surface area contributed by atoms with Gasteiger partial charge in [0.1, 0.15) is 6.04 Å². The Morgan fingerprint density at radius 3 is 2.62 bits per heavy atom. The highest BCUT2D eigenvalue weighted by Gasteiger charge is 2.35. The molecular formula is C21H26N2O2S. The van der Waals surface area contributed by atoms with Crippen LogP contribution in [0.15, 0.2) is 41.8 Å². The standard InChI is InChI=1S/C21H26N2O2S/c1-4-17-16-11-13-26-18(16)10-12-23(17)21(25)19(14(2)3)22-20(24)15-8-6-5-7-9-15/h5-9,11,13-14,17,19H,4,10,12H2,1-3H3,(H,22,24). The zero-order chi connectivity index (χ0) is 18.7. The molecule has 0 bridgehead atoms. The molecule has 4 nitrogen and oxygen atoms in total. The van der Waals surface area contributed by atoms with E-state index in [2.05, 4.69) is 23.7 Å². The molecule has 2 unspecified atom stereocenters. The number of carbonyl (C=O) groups excluding carboxylic acids is 2. The van der Waals surface area contributed by atoms with Crippen molar-refractivity contribution in [3.63, 3.8) is 0 Å². The lowest BCUT2D eigenvalue weighted by Crippen LogP contribution is -2.53. The van der Waals surface area contributed by atoms with E-state index in [9.17, 15) is 9.59 Å². The lowest BCUT2D eigenvalue weighted by Gasteiger charge is -2.38. The second-order valence-corrected chi connectivity index (χ2v) is 8.07. The van der Waals surface area contributed by atoms with E-state index in [1.54, 1.807) is 23.5 Å². The van der Waals surface area contributed by atoms with Crippen molar-refractivity contribution < 1.29 is 9.59 Å². The molecule has 1 aromatic heterocycles. The van der Waals surface area contributed by atoms with Crippen molar-refractivity contribution in [3.05, 3.63) is 57.8 Å². The average Bonchev–Trinajstić information content (AvgIpc) is 3.13. The van der Waals surface area contributed by atoms with Crippen LogP contribution in [0.5, 0.6) is 0 Å². The summed E-state index contributed by atoms with van der Waals surface area (Å²) in [6.07, 6.45) is 1.78. The van der Waals surface area contributed by atoms with Gasteiger partial charge in [0, 0.05) is 17.0 Å². The Morgan fingerprint density at radius 1 is 1.23 bits per heavy atom. The molecule has 1 aliphatic heterocycles. The smallest absolute Gasteiger partial charge is 0.251 e. The van der Waals surface area contributed by atoms with E-state index in [0.29, 0.717) is 5.56 Å². The summed E-state index contributed by atoms with van der Waals surface area (Å²) in [4.78, 5) is 29.2. The monoisotopic (exact) mass is 370 g/mol. The normalized spacial score (nSPS) is 17.7. The first kappa shape index (κ1) is 18.6. The van der Waals surface area contributed by atoms with E-state index in [4.69, 9.17) is 0 Å². The van der Waals surface area contributed by atoms with Gasteiger partial charge in [-0.3, -0.25) is 9.59 Å². The highest BCUT2D eigenvalue weighted by atomic mass is 32.1. The van der Waals surface area contributed by atoms with E-state index < -0.39 is 6.04 Å². The van der Waals surface area contributed by atoms with E-state index in [1.807, 2.05) is 36.9 Å². The van der Waals surface area contributed by atoms with Gasteiger partial charge in [-0.05, 0) is 47.9 Å². The zero-order valence-corrected chi connectivity index (χ0v) is 16.4. The van der Waals surface area contributed by atoms with Crippen LogP contribution in [0.1, 0.15) is 54.0 Å². The number of fused-ring (bicyclic) bond motifs is 1. The van der Waals surface area contributed by atoms with Crippen molar-refractivity contribution in [2.24, 2.45) is 5.92 Å². The van der Waals surface area contributed by atoms with Crippen molar-refractivity contribution in [1.29, 1.82) is 0 Å². The maximum Gasteiger partial charge on any atom is 0.251 e. The number of hydrogen-bond donors (Lipinski definition) is 1. The quantitative estimate of drug-likeness (QED) is 0.863. The molecule has 2 aromatic rings. The minimum absolute atomic E-state index is 0.0213. The number of amides is 2. The van der Waals surface area contributed by atoms with Crippen LogP contribution in [0, 0.1) is 5.92 Å². The van der Waals surface area contributed by atoms with Crippen molar-refractivity contribution in [1.82, 2.24) is 10.2 Å². The first-order valence-corrected chi connectivity index (χ1v) is 10.1. The first-order valence-electron chi connectivity index (χ1n) is 9.25. The van der Waals surface area contributed by atoms with Gasteiger partial charge in [0.25, 0.3) is 5.91 Å². The molecule has 2 atom stereocenters. The molecule has 138 valence electrons. The zero-order valence-electron chi connectivity index (χ0n) is 15.6. The first-order chi connectivity index (χ1) is 12.5. The summed E-state index contributed by atoms with van der Waals surface area (Å²) >= 11 is 1.77. The SMILES string of the molecule is CCC1c2ccsc2CCN1C(=O)C(NC(=O)c1ccccc1)C(C)C. The van der Waals surface area contributed by atoms with Crippen molar-refractivity contribution in [2.45, 2.75) is 45.7 Å². The lowest BCUT2D eigenvalue weighted by atomic mass is 9.94. The van der Waals surface area contributed by atoms with E-state index in [-0.39, 0.29) is 23.8 Å². The van der Waals surface area contributed by atoms with E-state index in [0.717, 1.165) is 19.4 Å². The van der Waals surface area contributed by atoms with Crippen LogP contribution in [0.4, 0.5) is 0 Å². The number of nitrogens with zero attached hydrogens (tertiary/aromatic N) is 1. The Morgan fingerprint density at radius 2 is 1.96 bits per heavy atom. The molecule has 0 radical (unpaired) electrons. The molecule has 0 fully saturated rings. The Kier molecular flexibility index (Phi) is 5.77. The summed E-state index contributed by atoms with van der Waals surface area (Å²) in [6, 6.07) is 10.8. The van der Waals surface area contributed by atoms with Crippen LogP contribution in [0.3, 0.4) is 0 Å². The summed E-state index contributed by atoms with van der Waals surface area (Å²) in [5.74, 6) is -0.150. The Hall–Kier alpha value is -2.14. The third-order valence-corrected chi connectivity index (χ3v) is 6.02. The molecule has 1 aliphatic rings. The van der Waals surface area contributed by atoms with Gasteiger partial charge in [-0.2, -0.15) is 0 Å². The summed E-state index contributed by atoms with van der Waals surface area (Å²) in [5, 5.41) is 5.07. The molecule has 0 aliphatic carbocycles.